The molecule has 1 atom stereocenters. The van der Waals surface area contributed by atoms with Crippen LogP contribution in [-0.2, 0) is 9.47 Å². The zero-order valence-corrected chi connectivity index (χ0v) is 14.2. The van der Waals surface area contributed by atoms with Gasteiger partial charge in [0.05, 0.1) is 13.2 Å². The average molecular weight is 383 g/mol. The van der Waals surface area contributed by atoms with E-state index in [0.29, 0.717) is 13.2 Å². The van der Waals surface area contributed by atoms with Crippen molar-refractivity contribution in [1.82, 2.24) is 10.6 Å². The Morgan fingerprint density at radius 1 is 1.21 bits per heavy atom. The maximum absolute atomic E-state index is 6.03. The second-order valence-electron chi connectivity index (χ2n) is 4.92. The highest BCUT2D eigenvalue weighted by Crippen LogP contribution is 2.39. The Kier molecular flexibility index (Phi) is 7.38. The summed E-state index contributed by atoms with van der Waals surface area (Å²) in [6.07, 6.45) is 4.63. The van der Waals surface area contributed by atoms with Crippen molar-refractivity contribution in [3.63, 3.8) is 0 Å². The van der Waals surface area contributed by atoms with Gasteiger partial charge in [-0.25, -0.2) is 0 Å². The molecule has 0 aromatic rings. The predicted molar refractivity (Wildman–Crippen MR) is 87.1 cm³/mol. The number of guanidine groups is 1. The Labute approximate surface area is 132 Å². The normalized spacial score (nSPS) is 24.0. The molecule has 5 nitrogen and oxygen atoms in total. The molecule has 0 amide bonds. The summed E-state index contributed by atoms with van der Waals surface area (Å²) < 4.78 is 11.9. The molecule has 1 heterocycles. The third-order valence-electron chi connectivity index (χ3n) is 3.42. The lowest BCUT2D eigenvalue weighted by Gasteiger charge is -2.21. The Hall–Kier alpha value is -0.0800. The lowest BCUT2D eigenvalue weighted by Crippen LogP contribution is -2.38. The van der Waals surface area contributed by atoms with Crippen LogP contribution in [0.25, 0.3) is 0 Å². The molecule has 2 fully saturated rings. The fourth-order valence-electron chi connectivity index (χ4n) is 2.58. The molecule has 1 aliphatic heterocycles. The van der Waals surface area contributed by atoms with Gasteiger partial charge in [0.15, 0.2) is 11.7 Å². The number of aliphatic imine (C=N–C) groups is 1. The number of rotatable bonds is 4. The average Bonchev–Trinajstić information content (AvgIpc) is 2.98. The van der Waals surface area contributed by atoms with E-state index in [0.717, 1.165) is 31.9 Å². The van der Waals surface area contributed by atoms with Crippen LogP contribution in [0.3, 0.4) is 0 Å². The minimum atomic E-state index is -0.267. The van der Waals surface area contributed by atoms with Gasteiger partial charge in [-0.3, -0.25) is 4.99 Å². The van der Waals surface area contributed by atoms with Gasteiger partial charge in [-0.15, -0.1) is 24.0 Å². The highest BCUT2D eigenvalue weighted by Gasteiger charge is 2.43. The van der Waals surface area contributed by atoms with Gasteiger partial charge in [-0.05, 0) is 26.7 Å². The molecule has 112 valence electrons. The molecule has 0 aromatic carbocycles. The SMILES string of the molecule is CCNC(=NCC1COC2(CCCC2)O1)NCC.I. The molecular weight excluding hydrogens is 357 g/mol. The minimum Gasteiger partial charge on any atom is -0.357 e. The first-order chi connectivity index (χ1) is 8.78. The van der Waals surface area contributed by atoms with Crippen molar-refractivity contribution in [2.24, 2.45) is 4.99 Å². The first kappa shape index (κ1) is 17.0. The van der Waals surface area contributed by atoms with Crippen LogP contribution < -0.4 is 10.6 Å². The Bertz CT molecular complexity index is 286. The largest absolute Gasteiger partial charge is 0.357 e. The van der Waals surface area contributed by atoms with Crippen LogP contribution in [0.2, 0.25) is 0 Å². The molecule has 6 heteroatoms. The van der Waals surface area contributed by atoms with Crippen molar-refractivity contribution in [2.75, 3.05) is 26.2 Å². The van der Waals surface area contributed by atoms with E-state index < -0.39 is 0 Å². The number of nitrogens with one attached hydrogen (secondary N) is 2. The number of halogens is 1. The van der Waals surface area contributed by atoms with Gasteiger partial charge >= 0.3 is 0 Å². The van der Waals surface area contributed by atoms with Crippen LogP contribution >= 0.6 is 24.0 Å². The van der Waals surface area contributed by atoms with Crippen LogP contribution in [0.15, 0.2) is 4.99 Å². The fraction of sp³-hybridized carbons (Fsp3) is 0.923. The first-order valence-corrected chi connectivity index (χ1v) is 7.12. The van der Waals surface area contributed by atoms with Crippen molar-refractivity contribution in [1.29, 1.82) is 0 Å². The molecule has 0 radical (unpaired) electrons. The quantitative estimate of drug-likeness (QED) is 0.442. The zero-order chi connectivity index (χ0) is 12.8. The van der Waals surface area contributed by atoms with Gasteiger partial charge < -0.3 is 20.1 Å². The van der Waals surface area contributed by atoms with Crippen LogP contribution in [-0.4, -0.2) is 44.1 Å². The van der Waals surface area contributed by atoms with Gasteiger partial charge in [0.25, 0.3) is 0 Å². The van der Waals surface area contributed by atoms with Crippen molar-refractivity contribution in [3.8, 4) is 0 Å². The fourth-order valence-corrected chi connectivity index (χ4v) is 2.58. The summed E-state index contributed by atoms with van der Waals surface area (Å²) in [6, 6.07) is 0. The van der Waals surface area contributed by atoms with Gasteiger partial charge in [0, 0.05) is 25.9 Å². The summed E-state index contributed by atoms with van der Waals surface area (Å²) >= 11 is 0. The second kappa shape index (κ2) is 8.26. The van der Waals surface area contributed by atoms with Crippen molar-refractivity contribution in [2.45, 2.75) is 51.4 Å². The van der Waals surface area contributed by atoms with E-state index in [9.17, 15) is 0 Å². The number of ether oxygens (including phenoxy) is 2. The molecule has 1 saturated carbocycles. The smallest absolute Gasteiger partial charge is 0.191 e. The van der Waals surface area contributed by atoms with Gasteiger partial charge in [-0.2, -0.15) is 0 Å². The lowest BCUT2D eigenvalue weighted by molar-refractivity contribution is -0.160. The standard InChI is InChI=1S/C13H25N3O2.HI/c1-3-14-12(15-4-2)16-9-11-10-17-13(18-11)7-5-6-8-13;/h11H,3-10H2,1-2H3,(H2,14,15,16);1H. The van der Waals surface area contributed by atoms with Crippen LogP contribution in [0.4, 0.5) is 0 Å². The molecule has 19 heavy (non-hydrogen) atoms. The summed E-state index contributed by atoms with van der Waals surface area (Å²) in [5.41, 5.74) is 0. The first-order valence-electron chi connectivity index (χ1n) is 7.12. The minimum absolute atomic E-state index is 0. The van der Waals surface area contributed by atoms with Gasteiger partial charge in [-0.1, -0.05) is 0 Å². The van der Waals surface area contributed by atoms with E-state index in [-0.39, 0.29) is 35.9 Å². The van der Waals surface area contributed by atoms with E-state index in [1.165, 1.54) is 12.8 Å². The summed E-state index contributed by atoms with van der Waals surface area (Å²) in [5.74, 6) is 0.590. The highest BCUT2D eigenvalue weighted by atomic mass is 127. The Morgan fingerprint density at radius 3 is 2.42 bits per heavy atom. The van der Waals surface area contributed by atoms with E-state index in [4.69, 9.17) is 9.47 Å². The molecule has 2 rings (SSSR count). The van der Waals surface area contributed by atoms with Crippen LogP contribution in [0, 0.1) is 0 Å². The van der Waals surface area contributed by atoms with E-state index in [1.54, 1.807) is 0 Å². The maximum atomic E-state index is 6.03. The van der Waals surface area contributed by atoms with Crippen molar-refractivity contribution < 1.29 is 9.47 Å². The molecule has 1 unspecified atom stereocenters. The number of hydrogen-bond acceptors (Lipinski definition) is 3. The predicted octanol–water partition coefficient (Wildman–Crippen LogP) is 1.87. The maximum Gasteiger partial charge on any atom is 0.191 e. The molecule has 1 saturated heterocycles. The third-order valence-corrected chi connectivity index (χ3v) is 3.42. The molecule has 2 N–H and O–H groups in total. The van der Waals surface area contributed by atoms with Gasteiger partial charge in [0.1, 0.15) is 6.10 Å². The van der Waals surface area contributed by atoms with Crippen molar-refractivity contribution >= 4 is 29.9 Å². The second-order valence-corrected chi connectivity index (χ2v) is 4.92. The molecular formula is C13H26IN3O2. The van der Waals surface area contributed by atoms with Crippen LogP contribution in [0.1, 0.15) is 39.5 Å². The van der Waals surface area contributed by atoms with E-state index in [1.807, 2.05) is 0 Å². The topological polar surface area (TPSA) is 54.9 Å². The lowest BCUT2D eigenvalue weighted by atomic mass is 10.2. The Morgan fingerprint density at radius 2 is 1.84 bits per heavy atom. The molecule has 0 bridgehead atoms. The van der Waals surface area contributed by atoms with Crippen LogP contribution in [0.5, 0.6) is 0 Å². The molecule has 1 aliphatic carbocycles. The van der Waals surface area contributed by atoms with Crippen molar-refractivity contribution in [3.05, 3.63) is 0 Å². The molecule has 1 spiro atoms. The van der Waals surface area contributed by atoms with Gasteiger partial charge in [0.2, 0.25) is 0 Å². The van der Waals surface area contributed by atoms with E-state index >= 15 is 0 Å². The number of nitrogens with zero attached hydrogens (tertiary/aromatic N) is 1. The summed E-state index contributed by atoms with van der Waals surface area (Å²) in [6.45, 7) is 7.22. The Balaban J connectivity index is 0.00000180. The third kappa shape index (κ3) is 4.75. The molecule has 2 aliphatic rings. The highest BCUT2D eigenvalue weighted by molar-refractivity contribution is 14.0. The summed E-state index contributed by atoms with van der Waals surface area (Å²) in [4.78, 5) is 4.53. The summed E-state index contributed by atoms with van der Waals surface area (Å²) in [7, 11) is 0. The molecule has 0 aromatic heterocycles. The number of hydrogen-bond donors (Lipinski definition) is 2. The monoisotopic (exact) mass is 383 g/mol. The van der Waals surface area contributed by atoms with E-state index in [2.05, 4.69) is 29.5 Å². The zero-order valence-electron chi connectivity index (χ0n) is 11.9. The summed E-state index contributed by atoms with van der Waals surface area (Å²) in [5, 5.41) is 6.42.